The van der Waals surface area contributed by atoms with Crippen molar-refractivity contribution in [3.05, 3.63) is 0 Å². The van der Waals surface area contributed by atoms with Gasteiger partial charge in [-0.05, 0) is 25.7 Å². The van der Waals surface area contributed by atoms with Gasteiger partial charge in [0.05, 0.1) is 13.5 Å². The van der Waals surface area contributed by atoms with Crippen molar-refractivity contribution in [1.82, 2.24) is 0 Å². The van der Waals surface area contributed by atoms with Crippen LogP contribution in [0, 0.1) is 5.92 Å². The Labute approximate surface area is 79.2 Å². The van der Waals surface area contributed by atoms with Crippen LogP contribution < -0.4 is 0 Å². The molecule has 1 aliphatic heterocycles. The summed E-state index contributed by atoms with van der Waals surface area (Å²) >= 11 is 0. The topological polar surface area (TPSA) is 38.7 Å². The number of methoxy groups -OCH3 is 1. The Morgan fingerprint density at radius 2 is 2.31 bits per heavy atom. The Kier molecular flexibility index (Phi) is 3.46. The molecule has 0 amide bonds. The molecule has 0 spiro atoms. The standard InChI is InChI=1S/C10H17NO2/c1-7-6-8(2)11-9(7)4-5-10(12)13-3/h7-8H,4-6H2,1-3H3/t7?,8-/m0/s1. The Morgan fingerprint density at radius 1 is 1.62 bits per heavy atom. The van der Waals surface area contributed by atoms with E-state index in [0.717, 1.165) is 12.8 Å². The lowest BCUT2D eigenvalue weighted by molar-refractivity contribution is -0.140. The van der Waals surface area contributed by atoms with Crippen molar-refractivity contribution in [2.24, 2.45) is 10.9 Å². The SMILES string of the molecule is COC(=O)CCC1=N[C@@H](C)CC1C. The molecule has 13 heavy (non-hydrogen) atoms. The minimum Gasteiger partial charge on any atom is -0.469 e. The molecule has 0 aromatic heterocycles. The summed E-state index contributed by atoms with van der Waals surface area (Å²) < 4.78 is 4.58. The number of esters is 1. The van der Waals surface area contributed by atoms with Crippen LogP contribution in [0.5, 0.6) is 0 Å². The molecular formula is C10H17NO2. The van der Waals surface area contributed by atoms with Gasteiger partial charge in [0.15, 0.2) is 0 Å². The van der Waals surface area contributed by atoms with Crippen LogP contribution in [-0.2, 0) is 9.53 Å². The summed E-state index contributed by atoms with van der Waals surface area (Å²) in [6.45, 7) is 4.28. The van der Waals surface area contributed by atoms with Gasteiger partial charge >= 0.3 is 5.97 Å². The molecule has 0 saturated carbocycles. The second-order valence-corrected chi connectivity index (χ2v) is 3.68. The fraction of sp³-hybridized carbons (Fsp3) is 0.800. The predicted molar refractivity (Wildman–Crippen MR) is 51.9 cm³/mol. The van der Waals surface area contributed by atoms with E-state index in [1.807, 2.05) is 0 Å². The van der Waals surface area contributed by atoms with Gasteiger partial charge in [-0.3, -0.25) is 9.79 Å². The molecule has 0 N–H and O–H groups in total. The van der Waals surface area contributed by atoms with Crippen molar-refractivity contribution in [3.63, 3.8) is 0 Å². The summed E-state index contributed by atoms with van der Waals surface area (Å²) in [6.07, 6.45) is 2.35. The normalized spacial score (nSPS) is 27.2. The van der Waals surface area contributed by atoms with Crippen LogP contribution >= 0.6 is 0 Å². The third-order valence-corrected chi connectivity index (χ3v) is 2.46. The fourth-order valence-corrected chi connectivity index (χ4v) is 1.75. The first kappa shape index (κ1) is 10.2. The first-order valence-electron chi connectivity index (χ1n) is 4.77. The number of rotatable bonds is 3. The lowest BCUT2D eigenvalue weighted by Gasteiger charge is -2.05. The number of carbonyl (C=O) groups excluding carboxylic acids is 1. The van der Waals surface area contributed by atoms with Crippen LogP contribution in [-0.4, -0.2) is 24.8 Å². The molecule has 0 radical (unpaired) electrons. The van der Waals surface area contributed by atoms with Crippen molar-refractivity contribution in [2.45, 2.75) is 39.2 Å². The van der Waals surface area contributed by atoms with Crippen molar-refractivity contribution in [1.29, 1.82) is 0 Å². The summed E-state index contributed by atoms with van der Waals surface area (Å²) in [5.74, 6) is 0.397. The molecule has 2 atom stereocenters. The second kappa shape index (κ2) is 4.40. The van der Waals surface area contributed by atoms with Gasteiger partial charge in [0.25, 0.3) is 0 Å². The van der Waals surface area contributed by atoms with Crippen LogP contribution in [0.15, 0.2) is 4.99 Å². The molecule has 1 rings (SSSR count). The van der Waals surface area contributed by atoms with Gasteiger partial charge in [-0.25, -0.2) is 0 Å². The molecule has 74 valence electrons. The predicted octanol–water partition coefficient (Wildman–Crippen LogP) is 1.81. The number of hydrogen-bond donors (Lipinski definition) is 0. The van der Waals surface area contributed by atoms with Crippen LogP contribution in [0.25, 0.3) is 0 Å². The molecule has 0 aromatic carbocycles. The van der Waals surface area contributed by atoms with E-state index < -0.39 is 0 Å². The van der Waals surface area contributed by atoms with Gasteiger partial charge in [0.1, 0.15) is 0 Å². The minimum absolute atomic E-state index is 0.144. The highest BCUT2D eigenvalue weighted by Crippen LogP contribution is 2.22. The molecule has 1 heterocycles. The first-order valence-corrected chi connectivity index (χ1v) is 4.77. The maximum atomic E-state index is 10.9. The maximum Gasteiger partial charge on any atom is 0.305 e. The number of nitrogens with zero attached hydrogens (tertiary/aromatic N) is 1. The molecule has 1 unspecified atom stereocenters. The van der Waals surface area contributed by atoms with Crippen molar-refractivity contribution >= 4 is 11.7 Å². The van der Waals surface area contributed by atoms with Crippen molar-refractivity contribution in [2.75, 3.05) is 7.11 Å². The third-order valence-electron chi connectivity index (χ3n) is 2.46. The molecule has 1 aliphatic rings. The molecule has 3 heteroatoms. The van der Waals surface area contributed by atoms with Crippen molar-refractivity contribution in [3.8, 4) is 0 Å². The third kappa shape index (κ3) is 2.83. The van der Waals surface area contributed by atoms with E-state index in [0.29, 0.717) is 18.4 Å². The quantitative estimate of drug-likeness (QED) is 0.626. The van der Waals surface area contributed by atoms with E-state index >= 15 is 0 Å². The number of hydrogen-bond acceptors (Lipinski definition) is 3. The first-order chi connectivity index (χ1) is 6.13. The molecule has 0 bridgehead atoms. The summed E-state index contributed by atoms with van der Waals surface area (Å²) in [4.78, 5) is 15.4. The lowest BCUT2D eigenvalue weighted by Crippen LogP contribution is -2.09. The van der Waals surface area contributed by atoms with Crippen LogP contribution in [0.4, 0.5) is 0 Å². The summed E-state index contributed by atoms with van der Waals surface area (Å²) in [5.41, 5.74) is 1.18. The minimum atomic E-state index is -0.144. The van der Waals surface area contributed by atoms with Crippen molar-refractivity contribution < 1.29 is 9.53 Å². The van der Waals surface area contributed by atoms with E-state index in [2.05, 4.69) is 23.6 Å². The summed E-state index contributed by atoms with van der Waals surface area (Å²) in [7, 11) is 1.42. The van der Waals surface area contributed by atoms with Gasteiger partial charge in [0.2, 0.25) is 0 Å². The van der Waals surface area contributed by atoms with E-state index in [1.54, 1.807) is 0 Å². The number of ether oxygens (including phenoxy) is 1. The molecule has 0 aromatic rings. The average Bonchev–Trinajstić information content (AvgIpc) is 2.41. The summed E-state index contributed by atoms with van der Waals surface area (Å²) in [5, 5.41) is 0. The molecule has 0 saturated heterocycles. The second-order valence-electron chi connectivity index (χ2n) is 3.68. The Bertz CT molecular complexity index is 223. The fourth-order valence-electron chi connectivity index (χ4n) is 1.75. The zero-order valence-electron chi connectivity index (χ0n) is 8.54. The van der Waals surface area contributed by atoms with Gasteiger partial charge in [0, 0.05) is 11.8 Å². The van der Waals surface area contributed by atoms with Crippen LogP contribution in [0.3, 0.4) is 0 Å². The highest BCUT2D eigenvalue weighted by Gasteiger charge is 2.21. The van der Waals surface area contributed by atoms with Crippen LogP contribution in [0.1, 0.15) is 33.1 Å². The Balaban J connectivity index is 2.37. The molecule has 0 fully saturated rings. The largest absolute Gasteiger partial charge is 0.469 e. The zero-order chi connectivity index (χ0) is 9.84. The number of carbonyl (C=O) groups is 1. The van der Waals surface area contributed by atoms with E-state index in [1.165, 1.54) is 12.8 Å². The molecule has 0 aliphatic carbocycles. The van der Waals surface area contributed by atoms with E-state index in [-0.39, 0.29) is 5.97 Å². The van der Waals surface area contributed by atoms with Gasteiger partial charge < -0.3 is 4.74 Å². The van der Waals surface area contributed by atoms with E-state index in [9.17, 15) is 4.79 Å². The average molecular weight is 183 g/mol. The highest BCUT2D eigenvalue weighted by atomic mass is 16.5. The maximum absolute atomic E-state index is 10.9. The van der Waals surface area contributed by atoms with E-state index in [4.69, 9.17) is 0 Å². The van der Waals surface area contributed by atoms with Gasteiger partial charge in [-0.2, -0.15) is 0 Å². The van der Waals surface area contributed by atoms with Gasteiger partial charge in [-0.15, -0.1) is 0 Å². The molecular weight excluding hydrogens is 166 g/mol. The zero-order valence-corrected chi connectivity index (χ0v) is 8.54. The van der Waals surface area contributed by atoms with Gasteiger partial charge in [-0.1, -0.05) is 6.92 Å². The molecule has 3 nitrogen and oxygen atoms in total. The summed E-state index contributed by atoms with van der Waals surface area (Å²) in [6, 6.07) is 0.433. The smallest absolute Gasteiger partial charge is 0.305 e. The lowest BCUT2D eigenvalue weighted by atomic mass is 9.99. The Morgan fingerprint density at radius 3 is 2.77 bits per heavy atom. The van der Waals surface area contributed by atoms with Crippen LogP contribution in [0.2, 0.25) is 0 Å². The monoisotopic (exact) mass is 183 g/mol. The number of aliphatic imine (C=N–C) groups is 1. The Hall–Kier alpha value is -0.860. The highest BCUT2D eigenvalue weighted by molar-refractivity contribution is 5.90.